The van der Waals surface area contributed by atoms with Crippen molar-refractivity contribution in [3.05, 3.63) is 93.8 Å². The van der Waals surface area contributed by atoms with Crippen LogP contribution in [0.3, 0.4) is 0 Å². The van der Waals surface area contributed by atoms with Crippen molar-refractivity contribution in [2.24, 2.45) is 0 Å². The highest BCUT2D eigenvalue weighted by Gasteiger charge is 2.21. The number of nitrogens with one attached hydrogen (secondary N) is 3. The van der Waals surface area contributed by atoms with Crippen LogP contribution in [0.15, 0.2) is 75.9 Å². The third kappa shape index (κ3) is 6.34. The number of hydrogen-bond acceptors (Lipinski definition) is 7. The summed E-state index contributed by atoms with van der Waals surface area (Å²) in [6.07, 6.45) is -0.614. The van der Waals surface area contributed by atoms with Crippen molar-refractivity contribution in [2.45, 2.75) is 6.42 Å². The number of carboxylic acid groups (broad SMARTS) is 1. The number of methoxy groups -OCH3 is 2. The van der Waals surface area contributed by atoms with E-state index in [2.05, 4.69) is 16.0 Å². The zero-order chi connectivity index (χ0) is 27.9. The van der Waals surface area contributed by atoms with Crippen LogP contribution in [0.2, 0.25) is 0 Å². The monoisotopic (exact) mass is 531 g/mol. The van der Waals surface area contributed by atoms with E-state index in [4.69, 9.17) is 19.0 Å². The summed E-state index contributed by atoms with van der Waals surface area (Å²) >= 11 is 0. The standard InChI is InChI=1S/C28H25N3O8/c1-37-23-13-19(26(33)30-17-9-7-16(8-10-17)11-12-29-28(35)36)20(14-24(23)38-2)31-27(34)25-15-21(32)18-5-3-4-6-22(18)39-25/h3-10,13-15,29H,11-12H2,1-2H3,(H,30,33)(H,31,34)(H,35,36). The summed E-state index contributed by atoms with van der Waals surface area (Å²) in [6.45, 7) is 0.257. The molecule has 1 aromatic heterocycles. The summed E-state index contributed by atoms with van der Waals surface area (Å²) in [5.74, 6) is -0.986. The fourth-order valence-corrected chi connectivity index (χ4v) is 3.84. The third-order valence-corrected chi connectivity index (χ3v) is 5.78. The highest BCUT2D eigenvalue weighted by Crippen LogP contribution is 2.34. The minimum absolute atomic E-state index is 0.0684. The molecule has 0 aliphatic carbocycles. The van der Waals surface area contributed by atoms with E-state index < -0.39 is 17.9 Å². The van der Waals surface area contributed by atoms with Crippen LogP contribution in [0, 0.1) is 0 Å². The molecule has 0 spiro atoms. The molecule has 0 bridgehead atoms. The minimum Gasteiger partial charge on any atom is -0.493 e. The minimum atomic E-state index is -1.10. The van der Waals surface area contributed by atoms with Crippen molar-refractivity contribution in [3.8, 4) is 11.5 Å². The molecule has 0 saturated heterocycles. The van der Waals surface area contributed by atoms with Gasteiger partial charge >= 0.3 is 6.09 Å². The zero-order valence-corrected chi connectivity index (χ0v) is 21.1. The van der Waals surface area contributed by atoms with Gasteiger partial charge in [-0.3, -0.25) is 14.4 Å². The maximum atomic E-state index is 13.3. The summed E-state index contributed by atoms with van der Waals surface area (Å²) < 4.78 is 16.3. The van der Waals surface area contributed by atoms with Crippen LogP contribution in [0.5, 0.6) is 11.5 Å². The molecule has 11 heteroatoms. The maximum absolute atomic E-state index is 13.3. The van der Waals surface area contributed by atoms with Gasteiger partial charge in [-0.25, -0.2) is 4.79 Å². The number of rotatable bonds is 9. The molecule has 3 amide bonds. The molecule has 4 N–H and O–H groups in total. The molecule has 1 heterocycles. The quantitative estimate of drug-likeness (QED) is 0.251. The van der Waals surface area contributed by atoms with Gasteiger partial charge in [-0.1, -0.05) is 24.3 Å². The van der Waals surface area contributed by atoms with Gasteiger partial charge < -0.3 is 34.9 Å². The van der Waals surface area contributed by atoms with E-state index in [1.807, 2.05) is 0 Å². The highest BCUT2D eigenvalue weighted by molar-refractivity contribution is 6.12. The van der Waals surface area contributed by atoms with Gasteiger partial charge in [-0.2, -0.15) is 0 Å². The van der Waals surface area contributed by atoms with Crippen LogP contribution in [0.25, 0.3) is 11.0 Å². The predicted octanol–water partition coefficient (Wildman–Crippen LogP) is 4.12. The first kappa shape index (κ1) is 26.7. The number of anilines is 2. The molecule has 11 nitrogen and oxygen atoms in total. The number of carbonyl (C=O) groups is 3. The predicted molar refractivity (Wildman–Crippen MR) is 144 cm³/mol. The Labute approximate surface area is 222 Å². The van der Waals surface area contributed by atoms with Crippen LogP contribution >= 0.6 is 0 Å². The van der Waals surface area contributed by atoms with Crippen molar-refractivity contribution in [1.82, 2.24) is 5.32 Å². The van der Waals surface area contributed by atoms with Crippen LogP contribution in [-0.2, 0) is 6.42 Å². The second-order valence-electron chi connectivity index (χ2n) is 8.31. The normalized spacial score (nSPS) is 10.5. The van der Waals surface area contributed by atoms with E-state index in [-0.39, 0.29) is 46.1 Å². The second kappa shape index (κ2) is 11.8. The topological polar surface area (TPSA) is 156 Å². The lowest BCUT2D eigenvalue weighted by molar-refractivity contribution is 0.0997. The first-order chi connectivity index (χ1) is 18.8. The van der Waals surface area contributed by atoms with Gasteiger partial charge in [0.1, 0.15) is 5.58 Å². The SMILES string of the molecule is COc1cc(NC(=O)c2cc(=O)c3ccccc3o2)c(C(=O)Nc2ccc(CCNC(=O)O)cc2)cc1OC. The van der Waals surface area contributed by atoms with Gasteiger partial charge in [-0.05, 0) is 42.3 Å². The number of amides is 3. The summed E-state index contributed by atoms with van der Waals surface area (Å²) in [5.41, 5.74) is 1.39. The number of carbonyl (C=O) groups excluding carboxylic acids is 2. The summed E-state index contributed by atoms with van der Waals surface area (Å²) in [5, 5.41) is 16.7. The van der Waals surface area contributed by atoms with Gasteiger partial charge in [-0.15, -0.1) is 0 Å². The van der Waals surface area contributed by atoms with Gasteiger partial charge in [0.2, 0.25) is 0 Å². The second-order valence-corrected chi connectivity index (χ2v) is 8.31. The highest BCUT2D eigenvalue weighted by atomic mass is 16.5. The Hall–Kier alpha value is -5.32. The van der Waals surface area contributed by atoms with Crippen molar-refractivity contribution in [1.29, 1.82) is 0 Å². The molecule has 4 aromatic rings. The van der Waals surface area contributed by atoms with Crippen LogP contribution in [0.1, 0.15) is 26.5 Å². The van der Waals surface area contributed by atoms with E-state index in [1.54, 1.807) is 48.5 Å². The van der Waals surface area contributed by atoms with Gasteiger partial charge in [0, 0.05) is 24.4 Å². The number of para-hydroxylation sites is 1. The molecule has 0 saturated carbocycles. The van der Waals surface area contributed by atoms with Crippen LogP contribution < -0.4 is 30.9 Å². The molecule has 0 fully saturated rings. The fraction of sp³-hybridized carbons (Fsp3) is 0.143. The molecular formula is C28H25N3O8. The van der Waals surface area contributed by atoms with Crippen molar-refractivity contribution in [2.75, 3.05) is 31.4 Å². The number of hydrogen-bond donors (Lipinski definition) is 4. The summed E-state index contributed by atoms with van der Waals surface area (Å²) in [7, 11) is 2.83. The van der Waals surface area contributed by atoms with E-state index >= 15 is 0 Å². The Morgan fingerprint density at radius 1 is 0.872 bits per heavy atom. The lowest BCUT2D eigenvalue weighted by Gasteiger charge is -2.16. The first-order valence-electron chi connectivity index (χ1n) is 11.8. The smallest absolute Gasteiger partial charge is 0.404 e. The van der Waals surface area contributed by atoms with Crippen molar-refractivity contribution in [3.63, 3.8) is 0 Å². The van der Waals surface area contributed by atoms with Crippen molar-refractivity contribution < 1.29 is 33.4 Å². The molecule has 0 radical (unpaired) electrons. The molecule has 0 aliphatic heterocycles. The summed E-state index contributed by atoms with van der Waals surface area (Å²) in [4.78, 5) is 49.4. The lowest BCUT2D eigenvalue weighted by Crippen LogP contribution is -2.23. The molecule has 200 valence electrons. The van der Waals surface area contributed by atoms with Crippen molar-refractivity contribution >= 4 is 40.3 Å². The van der Waals surface area contributed by atoms with E-state index in [0.29, 0.717) is 17.5 Å². The Morgan fingerprint density at radius 2 is 1.56 bits per heavy atom. The average molecular weight is 532 g/mol. The Balaban J connectivity index is 1.59. The third-order valence-electron chi connectivity index (χ3n) is 5.78. The maximum Gasteiger partial charge on any atom is 0.404 e. The molecule has 3 aromatic carbocycles. The molecule has 0 atom stereocenters. The lowest BCUT2D eigenvalue weighted by atomic mass is 10.1. The summed E-state index contributed by atoms with van der Waals surface area (Å²) in [6, 6.07) is 17.4. The average Bonchev–Trinajstić information content (AvgIpc) is 2.93. The van der Waals surface area contributed by atoms with Crippen LogP contribution in [-0.4, -0.2) is 43.8 Å². The fourth-order valence-electron chi connectivity index (χ4n) is 3.84. The first-order valence-corrected chi connectivity index (χ1v) is 11.8. The molecule has 39 heavy (non-hydrogen) atoms. The number of ether oxygens (including phenoxy) is 2. The van der Waals surface area contributed by atoms with E-state index in [0.717, 1.165) is 11.6 Å². The molecule has 4 rings (SSSR count). The Kier molecular flexibility index (Phi) is 8.10. The van der Waals surface area contributed by atoms with Gasteiger partial charge in [0.15, 0.2) is 22.7 Å². The molecular weight excluding hydrogens is 506 g/mol. The molecule has 0 aliphatic rings. The largest absolute Gasteiger partial charge is 0.493 e. The number of benzene rings is 3. The van der Waals surface area contributed by atoms with E-state index in [9.17, 15) is 19.2 Å². The molecule has 0 unspecified atom stereocenters. The Bertz CT molecular complexity index is 1600. The van der Waals surface area contributed by atoms with Gasteiger partial charge in [0.25, 0.3) is 11.8 Å². The van der Waals surface area contributed by atoms with Crippen LogP contribution in [0.4, 0.5) is 16.2 Å². The Morgan fingerprint density at radius 3 is 2.26 bits per heavy atom. The van der Waals surface area contributed by atoms with E-state index in [1.165, 1.54) is 26.4 Å². The zero-order valence-electron chi connectivity index (χ0n) is 21.1. The van der Waals surface area contributed by atoms with Gasteiger partial charge in [0.05, 0.1) is 30.9 Å². The number of fused-ring (bicyclic) bond motifs is 1.